The summed E-state index contributed by atoms with van der Waals surface area (Å²) in [5.74, 6) is 1.42. The summed E-state index contributed by atoms with van der Waals surface area (Å²) in [5.41, 5.74) is 3.09. The van der Waals surface area contributed by atoms with E-state index in [1.807, 2.05) is 50.2 Å². The van der Waals surface area contributed by atoms with Crippen LogP contribution in [0.15, 0.2) is 75.0 Å². The van der Waals surface area contributed by atoms with E-state index in [0.717, 1.165) is 22.8 Å². The number of carbonyl (C=O) groups is 1. The highest BCUT2D eigenvalue weighted by molar-refractivity contribution is 6.03. The molecule has 6 heteroatoms. The summed E-state index contributed by atoms with van der Waals surface area (Å²) in [6, 6.07) is 15.3. The van der Waals surface area contributed by atoms with E-state index in [1.54, 1.807) is 12.5 Å². The molecule has 144 valence electrons. The second-order valence-electron chi connectivity index (χ2n) is 7.00. The SMILES string of the molecule is Cc1ccc(C2=NN(C(=O)CN[C@H](C)c3ccco3)[C@@H](c3ccco3)C2)cc1. The van der Waals surface area contributed by atoms with Crippen LogP contribution in [0.5, 0.6) is 0 Å². The van der Waals surface area contributed by atoms with Crippen LogP contribution in [0.1, 0.15) is 48.1 Å². The molecule has 3 aromatic rings. The third-order valence-electron chi connectivity index (χ3n) is 4.95. The van der Waals surface area contributed by atoms with Crippen molar-refractivity contribution in [2.45, 2.75) is 32.4 Å². The van der Waals surface area contributed by atoms with Crippen molar-refractivity contribution in [3.8, 4) is 0 Å². The molecule has 0 bridgehead atoms. The summed E-state index contributed by atoms with van der Waals surface area (Å²) in [6.07, 6.45) is 3.87. The third kappa shape index (κ3) is 3.77. The fourth-order valence-corrected chi connectivity index (χ4v) is 3.32. The normalized spacial score (nSPS) is 17.6. The van der Waals surface area contributed by atoms with Crippen molar-refractivity contribution in [2.75, 3.05) is 6.54 Å². The van der Waals surface area contributed by atoms with Gasteiger partial charge in [-0.2, -0.15) is 5.10 Å². The number of hydrazone groups is 1. The predicted octanol–water partition coefficient (Wildman–Crippen LogP) is 4.21. The van der Waals surface area contributed by atoms with Gasteiger partial charge >= 0.3 is 0 Å². The molecule has 0 aliphatic carbocycles. The van der Waals surface area contributed by atoms with Crippen LogP contribution in [0.25, 0.3) is 0 Å². The Bertz CT molecular complexity index is 944. The minimum atomic E-state index is -0.237. The average molecular weight is 377 g/mol. The van der Waals surface area contributed by atoms with Crippen molar-refractivity contribution < 1.29 is 13.6 Å². The maximum atomic E-state index is 12.9. The number of hydrogen-bond acceptors (Lipinski definition) is 5. The molecule has 0 spiro atoms. The Hall–Kier alpha value is -3.12. The number of furan rings is 2. The van der Waals surface area contributed by atoms with E-state index >= 15 is 0 Å². The molecule has 0 radical (unpaired) electrons. The Morgan fingerprint density at radius 3 is 2.61 bits per heavy atom. The van der Waals surface area contributed by atoms with Crippen molar-refractivity contribution in [3.63, 3.8) is 0 Å². The van der Waals surface area contributed by atoms with Crippen molar-refractivity contribution in [3.05, 3.63) is 83.7 Å². The smallest absolute Gasteiger partial charge is 0.257 e. The molecule has 1 N–H and O–H groups in total. The Labute approximate surface area is 163 Å². The summed E-state index contributed by atoms with van der Waals surface area (Å²) >= 11 is 0. The molecule has 1 aliphatic rings. The summed E-state index contributed by atoms with van der Waals surface area (Å²) in [6.45, 7) is 4.17. The Morgan fingerprint density at radius 1 is 1.18 bits per heavy atom. The molecular formula is C22H23N3O3. The number of hydrogen-bond donors (Lipinski definition) is 1. The van der Waals surface area contributed by atoms with E-state index in [0.29, 0.717) is 6.42 Å². The number of nitrogens with zero attached hydrogens (tertiary/aromatic N) is 2. The average Bonchev–Trinajstić information content (AvgIpc) is 3.47. The van der Waals surface area contributed by atoms with Gasteiger partial charge < -0.3 is 8.83 Å². The molecule has 3 heterocycles. The molecule has 0 saturated carbocycles. The molecule has 2 atom stereocenters. The van der Waals surface area contributed by atoms with E-state index in [-0.39, 0.29) is 24.5 Å². The molecular weight excluding hydrogens is 354 g/mol. The zero-order valence-electron chi connectivity index (χ0n) is 16.0. The van der Waals surface area contributed by atoms with Gasteiger partial charge in [0, 0.05) is 6.42 Å². The van der Waals surface area contributed by atoms with Gasteiger partial charge in [-0.25, -0.2) is 5.01 Å². The first-order chi connectivity index (χ1) is 13.6. The fourth-order valence-electron chi connectivity index (χ4n) is 3.32. The van der Waals surface area contributed by atoms with Gasteiger partial charge in [0.1, 0.15) is 17.6 Å². The molecule has 4 rings (SSSR count). The first-order valence-corrected chi connectivity index (χ1v) is 9.38. The number of carbonyl (C=O) groups excluding carboxylic acids is 1. The van der Waals surface area contributed by atoms with E-state index in [9.17, 15) is 4.79 Å². The second-order valence-corrected chi connectivity index (χ2v) is 7.00. The zero-order chi connectivity index (χ0) is 19.5. The zero-order valence-corrected chi connectivity index (χ0v) is 16.0. The minimum Gasteiger partial charge on any atom is -0.468 e. The Kier molecular flexibility index (Phi) is 5.12. The summed E-state index contributed by atoms with van der Waals surface area (Å²) in [5, 5.41) is 9.39. The molecule has 0 saturated heterocycles. The third-order valence-corrected chi connectivity index (χ3v) is 4.95. The van der Waals surface area contributed by atoms with Crippen LogP contribution in [0.4, 0.5) is 0 Å². The van der Waals surface area contributed by atoms with Crippen LogP contribution in [0, 0.1) is 6.92 Å². The van der Waals surface area contributed by atoms with E-state index in [1.165, 1.54) is 10.6 Å². The Morgan fingerprint density at radius 2 is 1.93 bits per heavy atom. The van der Waals surface area contributed by atoms with Gasteiger partial charge in [-0.15, -0.1) is 0 Å². The molecule has 1 amide bonds. The highest BCUT2D eigenvalue weighted by Crippen LogP contribution is 2.33. The number of amides is 1. The quantitative estimate of drug-likeness (QED) is 0.699. The van der Waals surface area contributed by atoms with Crippen LogP contribution >= 0.6 is 0 Å². The van der Waals surface area contributed by atoms with Crippen molar-refractivity contribution in [2.24, 2.45) is 5.10 Å². The van der Waals surface area contributed by atoms with E-state index in [2.05, 4.69) is 22.6 Å². The first-order valence-electron chi connectivity index (χ1n) is 9.38. The number of benzene rings is 1. The van der Waals surface area contributed by atoms with Crippen LogP contribution in [0.2, 0.25) is 0 Å². The summed E-state index contributed by atoms with van der Waals surface area (Å²) in [7, 11) is 0. The first kappa shape index (κ1) is 18.3. The second kappa shape index (κ2) is 7.86. The maximum Gasteiger partial charge on any atom is 0.257 e. The standard InChI is InChI=1S/C22H23N3O3/c1-15-7-9-17(10-8-15)18-13-19(21-6-4-12-28-21)25(24-18)22(26)14-23-16(2)20-5-3-11-27-20/h3-12,16,19,23H,13-14H2,1-2H3/t16-,19-/m1/s1. The number of aryl methyl sites for hydroxylation is 1. The lowest BCUT2D eigenvalue weighted by atomic mass is 10.0. The van der Waals surface area contributed by atoms with Crippen molar-refractivity contribution >= 4 is 11.6 Å². The number of nitrogens with one attached hydrogen (secondary N) is 1. The van der Waals surface area contributed by atoms with Gasteiger partial charge in [0.2, 0.25) is 0 Å². The van der Waals surface area contributed by atoms with Gasteiger partial charge in [-0.1, -0.05) is 29.8 Å². The summed E-state index contributed by atoms with van der Waals surface area (Å²) in [4.78, 5) is 12.9. The van der Waals surface area contributed by atoms with Crippen molar-refractivity contribution in [1.82, 2.24) is 10.3 Å². The Balaban J connectivity index is 1.52. The lowest BCUT2D eigenvalue weighted by Gasteiger charge is -2.21. The summed E-state index contributed by atoms with van der Waals surface area (Å²) < 4.78 is 11.0. The molecule has 2 aromatic heterocycles. The van der Waals surface area contributed by atoms with Gasteiger partial charge in [0.15, 0.2) is 0 Å². The van der Waals surface area contributed by atoms with Crippen LogP contribution < -0.4 is 5.32 Å². The molecule has 1 aliphatic heterocycles. The van der Waals surface area contributed by atoms with E-state index in [4.69, 9.17) is 8.83 Å². The lowest BCUT2D eigenvalue weighted by Crippen LogP contribution is -2.36. The lowest BCUT2D eigenvalue weighted by molar-refractivity contribution is -0.132. The van der Waals surface area contributed by atoms with Crippen LogP contribution in [0.3, 0.4) is 0 Å². The molecule has 0 fully saturated rings. The van der Waals surface area contributed by atoms with Gasteiger partial charge in [-0.3, -0.25) is 10.1 Å². The highest BCUT2D eigenvalue weighted by atomic mass is 16.3. The van der Waals surface area contributed by atoms with Gasteiger partial charge in [0.25, 0.3) is 5.91 Å². The molecule has 1 aromatic carbocycles. The molecule has 0 unspecified atom stereocenters. The topological polar surface area (TPSA) is 71.0 Å². The number of rotatable bonds is 6. The monoisotopic (exact) mass is 377 g/mol. The van der Waals surface area contributed by atoms with Crippen LogP contribution in [-0.2, 0) is 4.79 Å². The highest BCUT2D eigenvalue weighted by Gasteiger charge is 2.34. The van der Waals surface area contributed by atoms with E-state index < -0.39 is 0 Å². The fraction of sp³-hybridized carbons (Fsp3) is 0.273. The molecule has 6 nitrogen and oxygen atoms in total. The van der Waals surface area contributed by atoms with Gasteiger partial charge in [0.05, 0.1) is 30.8 Å². The maximum absolute atomic E-state index is 12.9. The largest absolute Gasteiger partial charge is 0.468 e. The van der Waals surface area contributed by atoms with Crippen molar-refractivity contribution in [1.29, 1.82) is 0 Å². The predicted molar refractivity (Wildman–Crippen MR) is 106 cm³/mol. The molecule has 28 heavy (non-hydrogen) atoms. The van der Waals surface area contributed by atoms with Crippen LogP contribution in [-0.4, -0.2) is 23.2 Å². The minimum absolute atomic E-state index is 0.0656. The van der Waals surface area contributed by atoms with Gasteiger partial charge in [-0.05, 0) is 43.7 Å².